The van der Waals surface area contributed by atoms with Gasteiger partial charge in [-0.05, 0) is 42.3 Å². The highest BCUT2D eigenvalue weighted by molar-refractivity contribution is 7.91. The summed E-state index contributed by atoms with van der Waals surface area (Å²) in [5.41, 5.74) is 1.58. The fourth-order valence-electron chi connectivity index (χ4n) is 5.07. The summed E-state index contributed by atoms with van der Waals surface area (Å²) in [5.74, 6) is -1.92. The average Bonchev–Trinajstić information content (AvgIpc) is 3.00. The number of rotatable bonds is 8. The van der Waals surface area contributed by atoms with Crippen LogP contribution in [-0.2, 0) is 30.8 Å². The number of nitrogens with zero attached hydrogens (tertiary/aromatic N) is 2. The van der Waals surface area contributed by atoms with E-state index < -0.39 is 39.5 Å². The summed E-state index contributed by atoms with van der Waals surface area (Å²) in [5, 5.41) is 4.73. The van der Waals surface area contributed by atoms with Crippen molar-refractivity contribution < 1.29 is 27.5 Å². The molecular weight excluding hydrogens is 530 g/mol. The quantitative estimate of drug-likeness (QED) is 0.446. The fourth-order valence-corrected chi connectivity index (χ4v) is 5.66. The van der Waals surface area contributed by atoms with Crippen molar-refractivity contribution in [1.29, 1.82) is 0 Å². The molecule has 1 aliphatic rings. The number of nitrogens with one attached hydrogen (secondary N) is 1. The lowest BCUT2D eigenvalue weighted by Crippen LogP contribution is -2.59. The summed E-state index contributed by atoms with van der Waals surface area (Å²) in [6.45, 7) is 5.38. The number of carbonyl (C=O) groups is 3. The van der Waals surface area contributed by atoms with Gasteiger partial charge < -0.3 is 19.9 Å². The molecule has 3 amide bonds. The molecule has 0 aromatic heterocycles. The molecule has 0 saturated heterocycles. The Morgan fingerprint density at radius 2 is 1.68 bits per heavy atom. The normalized spacial score (nSPS) is 18.2. The highest BCUT2D eigenvalue weighted by Crippen LogP contribution is 2.38. The third-order valence-corrected chi connectivity index (χ3v) is 8.17. The predicted octanol–water partition coefficient (Wildman–Crippen LogP) is 3.69. The number of fused-ring (bicyclic) bond motifs is 2. The number of ether oxygens (including phenoxy) is 1. The van der Waals surface area contributed by atoms with E-state index in [1.54, 1.807) is 50.1 Å². The Balaban J connectivity index is 1.91. The van der Waals surface area contributed by atoms with Crippen molar-refractivity contribution in [2.24, 2.45) is 5.92 Å². The minimum absolute atomic E-state index is 0.0941. The molecule has 10 heteroatoms. The molecule has 212 valence electrons. The summed E-state index contributed by atoms with van der Waals surface area (Å²) < 4.78 is 29.9. The monoisotopic (exact) mass is 565 g/mol. The first kappa shape index (κ1) is 29.1. The summed E-state index contributed by atoms with van der Waals surface area (Å²) in [6.07, 6.45) is 1.56. The van der Waals surface area contributed by atoms with Crippen LogP contribution in [0.25, 0.3) is 10.8 Å². The van der Waals surface area contributed by atoms with E-state index in [4.69, 9.17) is 4.74 Å². The van der Waals surface area contributed by atoms with Crippen LogP contribution in [0.4, 0.5) is 11.4 Å². The SMILES string of the molecule is CC[C@@H](C)C(=O)N[C@@H]1C(=O)N(Cc2c(OC)ccc3ccccc23)c2ccccc2N(C(=O)CS(C)(=O)=O)[C@H]1C. The molecule has 0 radical (unpaired) electrons. The highest BCUT2D eigenvalue weighted by Gasteiger charge is 2.43. The second-order valence-corrected chi connectivity index (χ2v) is 12.4. The van der Waals surface area contributed by atoms with Crippen LogP contribution in [0.5, 0.6) is 5.75 Å². The van der Waals surface area contributed by atoms with Gasteiger partial charge in [-0.2, -0.15) is 0 Å². The molecule has 0 spiro atoms. The molecule has 1 aliphatic heterocycles. The summed E-state index contributed by atoms with van der Waals surface area (Å²) in [6, 6.07) is 16.4. The van der Waals surface area contributed by atoms with Gasteiger partial charge in [-0.15, -0.1) is 0 Å². The number of hydrogen-bond acceptors (Lipinski definition) is 6. The zero-order valence-electron chi connectivity index (χ0n) is 23.4. The van der Waals surface area contributed by atoms with E-state index in [1.165, 1.54) is 4.90 Å². The maximum Gasteiger partial charge on any atom is 0.252 e. The number of para-hydroxylation sites is 2. The Bertz CT molecular complexity index is 1550. The average molecular weight is 566 g/mol. The van der Waals surface area contributed by atoms with E-state index >= 15 is 0 Å². The number of benzene rings is 3. The first-order valence-electron chi connectivity index (χ1n) is 13.2. The van der Waals surface area contributed by atoms with Crippen LogP contribution in [0.2, 0.25) is 0 Å². The minimum Gasteiger partial charge on any atom is -0.496 e. The smallest absolute Gasteiger partial charge is 0.252 e. The fraction of sp³-hybridized carbons (Fsp3) is 0.367. The van der Waals surface area contributed by atoms with Gasteiger partial charge in [0.05, 0.1) is 31.1 Å². The number of amides is 3. The van der Waals surface area contributed by atoms with Crippen LogP contribution in [-0.4, -0.2) is 57.3 Å². The maximum absolute atomic E-state index is 14.4. The third-order valence-electron chi connectivity index (χ3n) is 7.40. The third kappa shape index (κ3) is 5.82. The van der Waals surface area contributed by atoms with Crippen LogP contribution in [0, 0.1) is 5.92 Å². The Morgan fingerprint density at radius 3 is 2.33 bits per heavy atom. The van der Waals surface area contributed by atoms with Crippen molar-refractivity contribution in [3.05, 3.63) is 66.2 Å². The molecule has 0 fully saturated rings. The maximum atomic E-state index is 14.4. The molecule has 0 unspecified atom stereocenters. The van der Waals surface area contributed by atoms with Crippen LogP contribution in [0.1, 0.15) is 32.8 Å². The number of carbonyl (C=O) groups excluding carboxylic acids is 3. The van der Waals surface area contributed by atoms with Crippen molar-refractivity contribution in [3.8, 4) is 5.75 Å². The minimum atomic E-state index is -3.67. The van der Waals surface area contributed by atoms with Gasteiger partial charge in [0.1, 0.15) is 17.5 Å². The molecule has 4 rings (SSSR count). The molecule has 0 saturated carbocycles. The number of anilines is 2. The largest absolute Gasteiger partial charge is 0.496 e. The van der Waals surface area contributed by atoms with E-state index in [0.29, 0.717) is 23.5 Å². The van der Waals surface area contributed by atoms with Gasteiger partial charge >= 0.3 is 0 Å². The number of hydrogen-bond donors (Lipinski definition) is 1. The van der Waals surface area contributed by atoms with Crippen molar-refractivity contribution in [1.82, 2.24) is 5.32 Å². The zero-order chi connectivity index (χ0) is 29.2. The van der Waals surface area contributed by atoms with Gasteiger partial charge in [-0.3, -0.25) is 14.4 Å². The highest BCUT2D eigenvalue weighted by atomic mass is 32.2. The van der Waals surface area contributed by atoms with Gasteiger partial charge in [-0.25, -0.2) is 8.42 Å². The van der Waals surface area contributed by atoms with Crippen LogP contribution < -0.4 is 19.9 Å². The molecule has 1 heterocycles. The van der Waals surface area contributed by atoms with E-state index in [2.05, 4.69) is 5.32 Å². The Morgan fingerprint density at radius 1 is 1.02 bits per heavy atom. The van der Waals surface area contributed by atoms with Gasteiger partial charge in [0.2, 0.25) is 11.8 Å². The molecule has 9 nitrogen and oxygen atoms in total. The molecule has 0 bridgehead atoms. The Kier molecular flexibility index (Phi) is 8.48. The van der Waals surface area contributed by atoms with Crippen LogP contribution in [0.3, 0.4) is 0 Å². The molecule has 1 N–H and O–H groups in total. The lowest BCUT2D eigenvalue weighted by atomic mass is 10.0. The summed E-state index contributed by atoms with van der Waals surface area (Å²) in [4.78, 5) is 43.8. The van der Waals surface area contributed by atoms with Gasteiger partial charge in [-0.1, -0.05) is 56.3 Å². The van der Waals surface area contributed by atoms with Gasteiger partial charge in [0.15, 0.2) is 9.84 Å². The Hall–Kier alpha value is -3.92. The number of methoxy groups -OCH3 is 1. The molecule has 0 aliphatic carbocycles. The van der Waals surface area contributed by atoms with E-state index in [0.717, 1.165) is 22.6 Å². The first-order valence-corrected chi connectivity index (χ1v) is 15.3. The first-order chi connectivity index (χ1) is 19.0. The van der Waals surface area contributed by atoms with Crippen molar-refractivity contribution in [3.63, 3.8) is 0 Å². The zero-order valence-corrected chi connectivity index (χ0v) is 24.2. The van der Waals surface area contributed by atoms with Crippen LogP contribution in [0.15, 0.2) is 60.7 Å². The Labute approximate surface area is 235 Å². The van der Waals surface area contributed by atoms with Crippen molar-refractivity contribution in [2.75, 3.05) is 28.9 Å². The van der Waals surface area contributed by atoms with E-state index in [-0.39, 0.29) is 18.4 Å². The standard InChI is InChI=1S/C30H35N3O6S/c1-6-19(2)29(35)31-28-20(3)33(27(34)18-40(5,37)38)25-14-10-9-13-24(25)32(30(28)36)17-23-22-12-8-7-11-21(22)15-16-26(23)39-4/h7-16,19-20,28H,6,17-18H2,1-5H3,(H,31,35)/t19-,20+,28+/m1/s1. The topological polar surface area (TPSA) is 113 Å². The predicted molar refractivity (Wildman–Crippen MR) is 156 cm³/mol. The molecule has 3 aromatic rings. The molecule has 3 aromatic carbocycles. The lowest BCUT2D eigenvalue weighted by molar-refractivity contribution is -0.130. The summed E-state index contributed by atoms with van der Waals surface area (Å²) >= 11 is 0. The molecule has 40 heavy (non-hydrogen) atoms. The molecule has 3 atom stereocenters. The lowest BCUT2D eigenvalue weighted by Gasteiger charge is -2.32. The van der Waals surface area contributed by atoms with Crippen molar-refractivity contribution in [2.45, 2.75) is 45.8 Å². The number of sulfone groups is 1. The van der Waals surface area contributed by atoms with Crippen molar-refractivity contribution >= 4 is 49.7 Å². The van der Waals surface area contributed by atoms with Crippen LogP contribution >= 0.6 is 0 Å². The molecular formula is C30H35N3O6S. The second-order valence-electron chi connectivity index (χ2n) is 10.3. The second kappa shape index (κ2) is 11.7. The van der Waals surface area contributed by atoms with E-state index in [9.17, 15) is 22.8 Å². The van der Waals surface area contributed by atoms with E-state index in [1.807, 2.05) is 43.3 Å². The van der Waals surface area contributed by atoms with Gasteiger partial charge in [0, 0.05) is 17.7 Å². The van der Waals surface area contributed by atoms with Gasteiger partial charge in [0.25, 0.3) is 5.91 Å². The summed E-state index contributed by atoms with van der Waals surface area (Å²) in [7, 11) is -2.11.